The molecule has 0 aliphatic heterocycles. The average molecular weight is 404 g/mol. The third kappa shape index (κ3) is 7.50. The van der Waals surface area contributed by atoms with Gasteiger partial charge in [0, 0.05) is 34.0 Å². The number of unbranched alkanes of at least 4 members (excludes halogenated alkanes) is 1. The minimum Gasteiger partial charge on any atom is -0.466 e. The fourth-order valence-corrected chi connectivity index (χ4v) is 2.32. The van der Waals surface area contributed by atoms with Crippen molar-refractivity contribution < 1.29 is 24.2 Å². The normalized spacial score (nSPS) is 10.2. The predicted molar refractivity (Wildman–Crippen MR) is 107 cm³/mol. The van der Waals surface area contributed by atoms with Gasteiger partial charge in [0.2, 0.25) is 6.41 Å². The quantitative estimate of drug-likeness (QED) is 0.283. The van der Waals surface area contributed by atoms with Crippen molar-refractivity contribution in [1.82, 2.24) is 14.9 Å². The Morgan fingerprint density at radius 2 is 1.97 bits per heavy atom. The van der Waals surface area contributed by atoms with Crippen molar-refractivity contribution in [3.63, 3.8) is 0 Å². The van der Waals surface area contributed by atoms with Gasteiger partial charge in [-0.05, 0) is 18.3 Å². The van der Waals surface area contributed by atoms with Crippen LogP contribution in [-0.4, -0.2) is 65.5 Å². The molecule has 0 saturated heterocycles. The van der Waals surface area contributed by atoms with E-state index in [1.54, 1.807) is 14.1 Å². The van der Waals surface area contributed by atoms with E-state index in [-0.39, 0.29) is 41.4 Å². The number of aromatic nitrogens is 2. The molecule has 29 heavy (non-hydrogen) atoms. The number of carbonyl (C=O) groups is 3. The van der Waals surface area contributed by atoms with Gasteiger partial charge in [-0.25, -0.2) is 9.97 Å². The summed E-state index contributed by atoms with van der Waals surface area (Å²) in [7, 11) is 3.14. The van der Waals surface area contributed by atoms with Crippen LogP contribution in [0.5, 0.6) is 0 Å². The number of amides is 2. The molecule has 1 rings (SSSR count). The van der Waals surface area contributed by atoms with E-state index >= 15 is 0 Å². The molecule has 0 radical (unpaired) electrons. The van der Waals surface area contributed by atoms with Crippen LogP contribution in [0.2, 0.25) is 0 Å². The molecule has 1 aromatic rings. The molecule has 0 aromatic carbocycles. The summed E-state index contributed by atoms with van der Waals surface area (Å²) < 4.78 is 4.84. The average Bonchev–Trinajstić information content (AvgIpc) is 2.67. The van der Waals surface area contributed by atoms with E-state index in [0.29, 0.717) is 25.8 Å². The molecule has 0 spiro atoms. The first-order chi connectivity index (χ1) is 13.7. The number of aliphatic hydroxyl groups excluding tert-OH is 1. The van der Waals surface area contributed by atoms with Gasteiger partial charge in [-0.15, -0.1) is 0 Å². The first kappa shape index (κ1) is 24.0. The maximum atomic E-state index is 12.6. The standard InChI is InChI=1S/C20H28N4O5/c1-14(2)11-24(13-26)19-18(20(28)23(4)5)21-16(17(12-25)22-19)9-7-6-8-10-29-15(3)27/h13-14,25H,6,8,10-12H2,1-5H3. The number of esters is 1. The lowest BCUT2D eigenvalue weighted by atomic mass is 10.2. The highest BCUT2D eigenvalue weighted by molar-refractivity contribution is 5.98. The van der Waals surface area contributed by atoms with Crippen LogP contribution >= 0.6 is 0 Å². The summed E-state index contributed by atoms with van der Waals surface area (Å²) in [5, 5.41) is 9.69. The van der Waals surface area contributed by atoms with Gasteiger partial charge >= 0.3 is 5.97 Å². The molecule has 0 unspecified atom stereocenters. The van der Waals surface area contributed by atoms with Crippen LogP contribution in [0.25, 0.3) is 0 Å². The van der Waals surface area contributed by atoms with E-state index in [0.717, 1.165) is 0 Å². The molecule has 0 saturated carbocycles. The summed E-state index contributed by atoms with van der Waals surface area (Å²) in [6.45, 7) is 5.36. The van der Waals surface area contributed by atoms with Gasteiger partial charge in [-0.1, -0.05) is 19.8 Å². The van der Waals surface area contributed by atoms with Gasteiger partial charge in [0.1, 0.15) is 11.4 Å². The second kappa shape index (κ2) is 11.8. The number of carbonyl (C=O) groups excluding carboxylic acids is 3. The number of nitrogens with zero attached hydrogens (tertiary/aromatic N) is 4. The SMILES string of the molecule is CC(=O)OCCCC#Cc1nc(C(=O)N(C)C)c(N(C=O)CC(C)C)nc1CO. The lowest BCUT2D eigenvalue weighted by Gasteiger charge is -2.22. The molecule has 0 fully saturated rings. The topological polar surface area (TPSA) is 113 Å². The zero-order valence-electron chi connectivity index (χ0n) is 17.6. The second-order valence-corrected chi connectivity index (χ2v) is 6.95. The van der Waals surface area contributed by atoms with Crippen LogP contribution in [-0.2, 0) is 20.9 Å². The number of aliphatic hydroxyl groups is 1. The summed E-state index contributed by atoms with van der Waals surface area (Å²) in [5.74, 6) is 5.14. The Labute approximate surface area is 171 Å². The third-order valence-electron chi connectivity index (χ3n) is 3.63. The highest BCUT2D eigenvalue weighted by Crippen LogP contribution is 2.20. The molecule has 0 aliphatic rings. The van der Waals surface area contributed by atoms with E-state index in [4.69, 9.17) is 4.74 Å². The molecule has 0 atom stereocenters. The van der Waals surface area contributed by atoms with Gasteiger partial charge in [0.05, 0.1) is 13.2 Å². The van der Waals surface area contributed by atoms with Gasteiger partial charge < -0.3 is 14.7 Å². The monoisotopic (exact) mass is 404 g/mol. The number of hydrogen-bond donors (Lipinski definition) is 1. The molecule has 158 valence electrons. The predicted octanol–water partition coefficient (Wildman–Crippen LogP) is 0.984. The Kier molecular flexibility index (Phi) is 9.75. The van der Waals surface area contributed by atoms with Gasteiger partial charge in [0.15, 0.2) is 11.5 Å². The minimum absolute atomic E-state index is 0.0100. The van der Waals surface area contributed by atoms with Gasteiger partial charge in [-0.2, -0.15) is 0 Å². The molecular formula is C20H28N4O5. The van der Waals surface area contributed by atoms with Crippen molar-refractivity contribution in [3.05, 3.63) is 17.1 Å². The first-order valence-corrected chi connectivity index (χ1v) is 9.28. The zero-order chi connectivity index (χ0) is 22.0. The summed E-state index contributed by atoms with van der Waals surface area (Å²) in [5.41, 5.74) is 0.340. The van der Waals surface area contributed by atoms with Crippen molar-refractivity contribution in [2.75, 3.05) is 32.1 Å². The second-order valence-electron chi connectivity index (χ2n) is 6.95. The van der Waals surface area contributed by atoms with E-state index in [1.807, 2.05) is 13.8 Å². The number of rotatable bonds is 9. The van der Waals surface area contributed by atoms with Crippen molar-refractivity contribution in [2.24, 2.45) is 5.92 Å². The van der Waals surface area contributed by atoms with Crippen molar-refractivity contribution in [2.45, 2.75) is 40.2 Å². The lowest BCUT2D eigenvalue weighted by Crippen LogP contribution is -2.32. The highest BCUT2D eigenvalue weighted by Gasteiger charge is 2.24. The Hall–Kier alpha value is -2.99. The largest absolute Gasteiger partial charge is 0.466 e. The van der Waals surface area contributed by atoms with E-state index in [2.05, 4.69) is 21.8 Å². The molecule has 0 bridgehead atoms. The fourth-order valence-electron chi connectivity index (χ4n) is 2.32. The third-order valence-corrected chi connectivity index (χ3v) is 3.63. The van der Waals surface area contributed by atoms with Gasteiger partial charge in [0.25, 0.3) is 5.91 Å². The molecule has 2 amide bonds. The smallest absolute Gasteiger partial charge is 0.302 e. The van der Waals surface area contributed by atoms with Crippen LogP contribution in [0.1, 0.15) is 55.5 Å². The van der Waals surface area contributed by atoms with Crippen LogP contribution in [0.3, 0.4) is 0 Å². The Bertz CT molecular complexity index is 796. The maximum absolute atomic E-state index is 12.6. The summed E-state index contributed by atoms with van der Waals surface area (Å²) >= 11 is 0. The molecule has 1 aromatic heterocycles. The van der Waals surface area contributed by atoms with Crippen molar-refractivity contribution in [1.29, 1.82) is 0 Å². The van der Waals surface area contributed by atoms with E-state index < -0.39 is 12.5 Å². The van der Waals surface area contributed by atoms with Crippen LogP contribution in [0.4, 0.5) is 5.82 Å². The molecular weight excluding hydrogens is 376 g/mol. The highest BCUT2D eigenvalue weighted by atomic mass is 16.5. The lowest BCUT2D eigenvalue weighted by molar-refractivity contribution is -0.141. The molecule has 1 N–H and O–H groups in total. The first-order valence-electron chi connectivity index (χ1n) is 9.28. The molecule has 9 nitrogen and oxygen atoms in total. The zero-order valence-corrected chi connectivity index (χ0v) is 17.6. The summed E-state index contributed by atoms with van der Waals surface area (Å²) in [4.78, 5) is 46.2. The number of ether oxygens (including phenoxy) is 1. The maximum Gasteiger partial charge on any atom is 0.302 e. The molecule has 9 heteroatoms. The number of anilines is 1. The molecule has 1 heterocycles. The number of hydrogen-bond acceptors (Lipinski definition) is 7. The Morgan fingerprint density at radius 3 is 2.48 bits per heavy atom. The van der Waals surface area contributed by atoms with E-state index in [1.165, 1.54) is 16.7 Å². The van der Waals surface area contributed by atoms with Crippen LogP contribution in [0, 0.1) is 17.8 Å². The summed E-state index contributed by atoms with van der Waals surface area (Å²) in [6.07, 6.45) is 1.58. The van der Waals surface area contributed by atoms with Gasteiger partial charge in [-0.3, -0.25) is 19.3 Å². The Balaban J connectivity index is 3.28. The Morgan fingerprint density at radius 1 is 1.28 bits per heavy atom. The van der Waals surface area contributed by atoms with E-state index in [9.17, 15) is 19.5 Å². The molecule has 0 aliphatic carbocycles. The van der Waals surface area contributed by atoms with Crippen LogP contribution in [0.15, 0.2) is 0 Å². The fraction of sp³-hybridized carbons (Fsp3) is 0.550. The van der Waals surface area contributed by atoms with Crippen molar-refractivity contribution in [3.8, 4) is 11.8 Å². The minimum atomic E-state index is -0.442. The van der Waals surface area contributed by atoms with Crippen LogP contribution < -0.4 is 4.90 Å². The van der Waals surface area contributed by atoms with Crippen molar-refractivity contribution >= 4 is 24.1 Å². The summed E-state index contributed by atoms with van der Waals surface area (Å²) in [6, 6.07) is 0.